The van der Waals surface area contributed by atoms with Crippen LogP contribution in [-0.2, 0) is 18.4 Å². The first-order valence-corrected chi connectivity index (χ1v) is 13.1. The topological polar surface area (TPSA) is 97.3 Å². The lowest BCUT2D eigenvalue weighted by Crippen LogP contribution is -2.23. The molecular weight excluding hydrogens is 620 g/mol. The summed E-state index contributed by atoms with van der Waals surface area (Å²) in [6, 6.07) is 6.70. The van der Waals surface area contributed by atoms with Gasteiger partial charge in [0.05, 0.1) is 32.3 Å². The van der Waals surface area contributed by atoms with Gasteiger partial charge in [0, 0.05) is 25.2 Å². The molecule has 1 aromatic heterocycles. The van der Waals surface area contributed by atoms with Crippen molar-refractivity contribution in [3.05, 3.63) is 87.2 Å². The SMILES string of the molecule is C=C(C)C(=O)NCc1ccc(Cl)c(Nc2nc3cc(C(=O)Nc4c(F)ccc(F)c4F)c(OCC(F)F)cc3n2C)c1Cl. The van der Waals surface area contributed by atoms with Gasteiger partial charge in [-0.2, -0.15) is 0 Å². The summed E-state index contributed by atoms with van der Waals surface area (Å²) in [5, 5.41) is 7.94. The number of carbonyl (C=O) groups excluding carboxylic acids is 2. The molecule has 0 aliphatic rings. The summed E-state index contributed by atoms with van der Waals surface area (Å²) in [5.74, 6) is -6.09. The van der Waals surface area contributed by atoms with Gasteiger partial charge in [-0.1, -0.05) is 35.8 Å². The lowest BCUT2D eigenvalue weighted by atomic mass is 10.1. The second-order valence-electron chi connectivity index (χ2n) is 9.19. The highest BCUT2D eigenvalue weighted by molar-refractivity contribution is 6.39. The molecule has 0 aliphatic heterocycles. The minimum Gasteiger partial charge on any atom is -0.487 e. The van der Waals surface area contributed by atoms with Gasteiger partial charge in [-0.25, -0.2) is 26.9 Å². The number of benzene rings is 3. The molecule has 3 N–H and O–H groups in total. The van der Waals surface area contributed by atoms with Crippen molar-refractivity contribution in [1.82, 2.24) is 14.9 Å². The van der Waals surface area contributed by atoms with Gasteiger partial charge in [0.2, 0.25) is 11.9 Å². The molecule has 0 atom stereocenters. The van der Waals surface area contributed by atoms with Crippen molar-refractivity contribution in [2.45, 2.75) is 19.9 Å². The third-order valence-electron chi connectivity index (χ3n) is 6.11. The van der Waals surface area contributed by atoms with Crippen LogP contribution < -0.4 is 20.7 Å². The van der Waals surface area contributed by atoms with Crippen molar-refractivity contribution in [3.8, 4) is 5.75 Å². The molecule has 0 aliphatic carbocycles. The van der Waals surface area contributed by atoms with E-state index in [1.807, 2.05) is 5.32 Å². The first-order chi connectivity index (χ1) is 20.3. The van der Waals surface area contributed by atoms with Gasteiger partial charge in [-0.3, -0.25) is 9.59 Å². The number of hydrogen-bond acceptors (Lipinski definition) is 5. The maximum atomic E-state index is 14.2. The normalized spacial score (nSPS) is 11.1. The molecule has 4 rings (SSSR count). The molecule has 0 radical (unpaired) electrons. The van der Waals surface area contributed by atoms with Gasteiger partial charge >= 0.3 is 0 Å². The van der Waals surface area contributed by atoms with Crippen LogP contribution in [0.1, 0.15) is 22.8 Å². The molecule has 3 aromatic carbocycles. The van der Waals surface area contributed by atoms with E-state index in [1.165, 1.54) is 10.6 Å². The number of alkyl halides is 2. The maximum Gasteiger partial charge on any atom is 0.272 e. The Balaban J connectivity index is 1.73. The number of nitrogens with zero attached hydrogens (tertiary/aromatic N) is 2. The fraction of sp³-hybridized carbons (Fsp3) is 0.179. The van der Waals surface area contributed by atoms with E-state index in [0.717, 1.165) is 6.07 Å². The van der Waals surface area contributed by atoms with Crippen LogP contribution in [0.3, 0.4) is 0 Å². The van der Waals surface area contributed by atoms with Gasteiger partial charge in [0.25, 0.3) is 12.3 Å². The number of rotatable bonds is 10. The Morgan fingerprint density at radius 1 is 1.07 bits per heavy atom. The second kappa shape index (κ2) is 12.9. The first-order valence-electron chi connectivity index (χ1n) is 12.3. The van der Waals surface area contributed by atoms with Crippen molar-refractivity contribution in [2.24, 2.45) is 7.05 Å². The third kappa shape index (κ3) is 6.83. The Hall–Kier alpha value is -4.36. The average Bonchev–Trinajstić information content (AvgIpc) is 3.26. The molecule has 8 nitrogen and oxygen atoms in total. The van der Waals surface area contributed by atoms with Crippen molar-refractivity contribution in [2.75, 3.05) is 17.2 Å². The van der Waals surface area contributed by atoms with Crippen LogP contribution in [0.4, 0.5) is 39.3 Å². The highest BCUT2D eigenvalue weighted by atomic mass is 35.5. The fourth-order valence-electron chi connectivity index (χ4n) is 3.89. The number of amides is 2. The summed E-state index contributed by atoms with van der Waals surface area (Å²) in [5.41, 5.74) is -0.00263. The minimum atomic E-state index is -2.91. The highest BCUT2D eigenvalue weighted by Gasteiger charge is 2.23. The molecule has 43 heavy (non-hydrogen) atoms. The van der Waals surface area contributed by atoms with E-state index in [1.54, 1.807) is 26.1 Å². The van der Waals surface area contributed by atoms with Crippen molar-refractivity contribution < 1.29 is 36.3 Å². The Bertz CT molecular complexity index is 1760. The highest BCUT2D eigenvalue weighted by Crippen LogP contribution is 2.37. The zero-order chi connectivity index (χ0) is 31.6. The molecule has 0 fully saturated rings. The lowest BCUT2D eigenvalue weighted by Gasteiger charge is -2.14. The summed E-state index contributed by atoms with van der Waals surface area (Å²) in [6.45, 7) is 4.09. The van der Waals surface area contributed by atoms with Gasteiger partial charge in [0.15, 0.2) is 11.6 Å². The number of ether oxygens (including phenoxy) is 1. The Kier molecular flexibility index (Phi) is 9.46. The van der Waals surface area contributed by atoms with Crippen molar-refractivity contribution in [3.63, 3.8) is 0 Å². The molecule has 0 saturated heterocycles. The van der Waals surface area contributed by atoms with Crippen molar-refractivity contribution in [1.29, 1.82) is 0 Å². The third-order valence-corrected chi connectivity index (χ3v) is 6.86. The van der Waals surface area contributed by atoms with Crippen LogP contribution in [0.5, 0.6) is 5.75 Å². The minimum absolute atomic E-state index is 0.0642. The Morgan fingerprint density at radius 2 is 1.77 bits per heavy atom. The van der Waals surface area contributed by atoms with Gasteiger partial charge in [0.1, 0.15) is 23.9 Å². The number of nitrogens with one attached hydrogen (secondary N) is 3. The van der Waals surface area contributed by atoms with E-state index in [9.17, 15) is 31.5 Å². The average molecular weight is 642 g/mol. The second-order valence-corrected chi connectivity index (χ2v) is 9.97. The zero-order valence-corrected chi connectivity index (χ0v) is 23.9. The standard InChI is InChI=1S/C28H22Cl2F5N5O3/c1-12(2)26(41)36-10-13-4-5-15(29)24(22(13)30)39-28-37-18-8-14(20(43-11-21(33)34)9-19(18)40(28)3)27(42)38-25-17(32)7-6-16(31)23(25)35/h4-9,21H,1,10-11H2,2-3H3,(H,36,41)(H,37,39)(H,38,42). The molecule has 0 saturated carbocycles. The quantitative estimate of drug-likeness (QED) is 0.0972. The van der Waals surface area contributed by atoms with Crippen LogP contribution in [0, 0.1) is 17.5 Å². The smallest absolute Gasteiger partial charge is 0.272 e. The van der Waals surface area contributed by atoms with Gasteiger partial charge in [-0.05, 0) is 36.8 Å². The molecule has 0 spiro atoms. The van der Waals surface area contributed by atoms with E-state index < -0.39 is 47.6 Å². The van der Waals surface area contributed by atoms with Gasteiger partial charge in [-0.15, -0.1) is 0 Å². The maximum absolute atomic E-state index is 14.2. The number of fused-ring (bicyclic) bond motifs is 1. The molecule has 15 heteroatoms. The predicted molar refractivity (Wildman–Crippen MR) is 153 cm³/mol. The number of anilines is 3. The van der Waals surface area contributed by atoms with E-state index in [0.29, 0.717) is 28.8 Å². The summed E-state index contributed by atoms with van der Waals surface area (Å²) < 4.78 is 74.6. The fourth-order valence-corrected chi connectivity index (χ4v) is 4.42. The van der Waals surface area contributed by atoms with E-state index in [4.69, 9.17) is 27.9 Å². The van der Waals surface area contributed by atoms with Crippen molar-refractivity contribution >= 4 is 63.4 Å². The molecular formula is C28H22Cl2F5N5O3. The number of aryl methyl sites for hydroxylation is 1. The number of carbonyl (C=O) groups is 2. The Labute approximate surface area is 251 Å². The van der Waals surface area contributed by atoms with E-state index in [2.05, 4.69) is 22.2 Å². The van der Waals surface area contributed by atoms with Crippen LogP contribution in [0.15, 0.2) is 48.6 Å². The van der Waals surface area contributed by atoms with Crippen LogP contribution in [-0.4, -0.2) is 34.4 Å². The molecule has 4 aromatic rings. The predicted octanol–water partition coefficient (Wildman–Crippen LogP) is 7.13. The number of aromatic nitrogens is 2. The van der Waals surface area contributed by atoms with Crippen LogP contribution >= 0.6 is 23.2 Å². The van der Waals surface area contributed by atoms with E-state index >= 15 is 0 Å². The lowest BCUT2D eigenvalue weighted by molar-refractivity contribution is -0.117. The van der Waals surface area contributed by atoms with Gasteiger partial charge < -0.3 is 25.3 Å². The largest absolute Gasteiger partial charge is 0.487 e. The Morgan fingerprint density at radius 3 is 2.44 bits per heavy atom. The van der Waals surface area contributed by atoms with Crippen LogP contribution in [0.2, 0.25) is 10.0 Å². The molecule has 2 amide bonds. The van der Waals surface area contributed by atoms with Crippen LogP contribution in [0.25, 0.3) is 11.0 Å². The number of halogens is 7. The summed E-state index contributed by atoms with van der Waals surface area (Å²) in [6.07, 6.45) is -2.91. The monoisotopic (exact) mass is 641 g/mol. The molecule has 0 unspecified atom stereocenters. The number of hydrogen-bond donors (Lipinski definition) is 3. The summed E-state index contributed by atoms with van der Waals surface area (Å²) in [4.78, 5) is 29.4. The summed E-state index contributed by atoms with van der Waals surface area (Å²) in [7, 11) is 1.56. The summed E-state index contributed by atoms with van der Waals surface area (Å²) >= 11 is 12.9. The molecule has 0 bridgehead atoms. The van der Waals surface area contributed by atoms with E-state index in [-0.39, 0.29) is 45.4 Å². The zero-order valence-electron chi connectivity index (χ0n) is 22.4. The molecule has 1 heterocycles. The molecule has 226 valence electrons. The number of imidazole rings is 1. The first kappa shape index (κ1) is 31.6.